The summed E-state index contributed by atoms with van der Waals surface area (Å²) in [4.78, 5) is 0. The molecule has 2 aromatic rings. The Morgan fingerprint density at radius 3 is 1.35 bits per heavy atom. The second-order valence-corrected chi connectivity index (χ2v) is 6.12. The molecule has 2 rings (SSSR count). The van der Waals surface area contributed by atoms with Gasteiger partial charge in [-0.05, 0) is 0 Å². The van der Waals surface area contributed by atoms with E-state index >= 15 is 0 Å². The average Bonchev–Trinajstić information content (AvgIpc) is 2.95. The molecule has 1 radical (unpaired) electrons. The van der Waals surface area contributed by atoms with Crippen molar-refractivity contribution in [2.24, 2.45) is 0 Å². The maximum atomic E-state index is 2.22. The maximum absolute atomic E-state index is 2.22. The van der Waals surface area contributed by atoms with Gasteiger partial charge < -0.3 is 24.8 Å². The third-order valence-electron chi connectivity index (χ3n) is 2.08. The normalized spacial score (nSPS) is 8.25. The van der Waals surface area contributed by atoms with Gasteiger partial charge in [0.15, 0.2) is 0 Å². The molecule has 0 heterocycles. The molecule has 20 heavy (non-hydrogen) atoms. The van der Waals surface area contributed by atoms with Gasteiger partial charge in [-0.1, -0.05) is 39.3 Å². The minimum Gasteiger partial charge on any atom is -1.00 e. The smallest absolute Gasteiger partial charge is 1.00 e. The molecular formula is C16H25Cl2SiTi. The zero-order valence-electron chi connectivity index (χ0n) is 13.0. The summed E-state index contributed by atoms with van der Waals surface area (Å²) in [5, 5.41) is 0. The van der Waals surface area contributed by atoms with E-state index in [4.69, 9.17) is 0 Å². The van der Waals surface area contributed by atoms with E-state index in [0.29, 0.717) is 5.41 Å². The number of halogens is 2. The van der Waals surface area contributed by atoms with Gasteiger partial charge in [0.05, 0.1) is 0 Å². The van der Waals surface area contributed by atoms with Crippen molar-refractivity contribution in [3.8, 4) is 0 Å². The fourth-order valence-electron chi connectivity index (χ4n) is 1.19. The van der Waals surface area contributed by atoms with E-state index < -0.39 is 0 Å². The molecule has 0 saturated carbocycles. The molecule has 0 aliphatic carbocycles. The fourth-order valence-corrected chi connectivity index (χ4v) is 1.19. The molecule has 0 spiro atoms. The van der Waals surface area contributed by atoms with Gasteiger partial charge in [-0.15, -0.1) is 0 Å². The summed E-state index contributed by atoms with van der Waals surface area (Å²) in [6, 6.07) is 18.5. The van der Waals surface area contributed by atoms with Crippen molar-refractivity contribution in [3.63, 3.8) is 0 Å². The Morgan fingerprint density at radius 1 is 0.850 bits per heavy atom. The molecule has 0 atom stereocenters. The summed E-state index contributed by atoms with van der Waals surface area (Å²) < 4.78 is 0. The number of hydrogen-bond acceptors (Lipinski definition) is 0. The molecule has 0 amide bonds. The molecule has 4 heteroatoms. The van der Waals surface area contributed by atoms with Gasteiger partial charge in [0.25, 0.3) is 0 Å². The SMILES string of the molecule is CC(C)(C)[c-]1cccc1.C[SiH]C.[Cl-].[Cl-].[Ti+4].c1cc[cH-]c1. The molecule has 2 aromatic carbocycles. The van der Waals surface area contributed by atoms with Gasteiger partial charge in [-0.2, -0.15) is 35.9 Å². The van der Waals surface area contributed by atoms with Crippen molar-refractivity contribution in [2.75, 3.05) is 0 Å². The van der Waals surface area contributed by atoms with Gasteiger partial charge in [-0.25, -0.2) is 24.3 Å². The van der Waals surface area contributed by atoms with Crippen molar-refractivity contribution < 1.29 is 46.5 Å². The van der Waals surface area contributed by atoms with Crippen molar-refractivity contribution >= 4 is 9.52 Å². The van der Waals surface area contributed by atoms with E-state index in [-0.39, 0.29) is 46.5 Å². The molecule has 0 nitrogen and oxygen atoms in total. The number of hydrogen-bond donors (Lipinski definition) is 0. The Morgan fingerprint density at radius 2 is 1.20 bits per heavy atom. The predicted molar refractivity (Wildman–Crippen MR) is 81.6 cm³/mol. The summed E-state index contributed by atoms with van der Waals surface area (Å²) in [6.07, 6.45) is 0. The first-order chi connectivity index (χ1) is 8.02. The van der Waals surface area contributed by atoms with Crippen LogP contribution in [0.15, 0.2) is 54.6 Å². The fraction of sp³-hybridized carbons (Fsp3) is 0.375. The summed E-state index contributed by atoms with van der Waals surface area (Å²) in [7, 11) is 0.750. The van der Waals surface area contributed by atoms with Crippen LogP contribution in [0, 0.1) is 0 Å². The third kappa shape index (κ3) is 16.3. The van der Waals surface area contributed by atoms with Gasteiger partial charge in [-0.3, -0.25) is 0 Å². The molecular weight excluding hydrogens is 339 g/mol. The summed E-state index contributed by atoms with van der Waals surface area (Å²) >= 11 is 0. The van der Waals surface area contributed by atoms with Crippen LogP contribution in [0.3, 0.4) is 0 Å². The van der Waals surface area contributed by atoms with E-state index in [1.165, 1.54) is 5.56 Å². The monoisotopic (exact) mass is 363 g/mol. The molecule has 0 aliphatic heterocycles. The summed E-state index contributed by atoms with van der Waals surface area (Å²) in [6.45, 7) is 11.1. The zero-order chi connectivity index (χ0) is 13.1. The molecule has 0 fully saturated rings. The summed E-state index contributed by atoms with van der Waals surface area (Å²) in [5.41, 5.74) is 1.74. The molecule has 0 aromatic heterocycles. The van der Waals surface area contributed by atoms with Gasteiger partial charge in [0, 0.05) is 9.52 Å². The van der Waals surface area contributed by atoms with Crippen molar-refractivity contribution in [1.29, 1.82) is 0 Å². The van der Waals surface area contributed by atoms with Crippen LogP contribution in [0.4, 0.5) is 0 Å². The van der Waals surface area contributed by atoms with Crippen molar-refractivity contribution in [2.45, 2.75) is 39.3 Å². The predicted octanol–water partition coefficient (Wildman–Crippen LogP) is -1.37. The standard InChI is InChI=1S/C9H13.C5H5.C2H7Si.2ClH.Ti/c1-9(2,3)8-6-4-5-7-8;1-2-4-5-3-1;1-3-2;;;/h4-7H,1-3H3;1-5H;3H,1-2H3;2*1H;/q2*-1;;;;+4/p-2. The molecule has 0 saturated heterocycles. The average molecular weight is 364 g/mol. The summed E-state index contributed by atoms with van der Waals surface area (Å²) in [5.74, 6) is 0. The molecule has 0 N–H and O–H groups in total. The Hall–Kier alpha value is 0.211. The first kappa shape index (κ1) is 28.4. The Labute approximate surface area is 155 Å². The van der Waals surface area contributed by atoms with Crippen LogP contribution >= 0.6 is 0 Å². The molecule has 0 aliphatic rings. The Kier molecular flexibility index (Phi) is 24.5. The van der Waals surface area contributed by atoms with Crippen molar-refractivity contribution in [1.82, 2.24) is 0 Å². The van der Waals surface area contributed by atoms with E-state index in [0.717, 1.165) is 9.52 Å². The van der Waals surface area contributed by atoms with Crippen molar-refractivity contribution in [3.05, 3.63) is 60.2 Å². The number of rotatable bonds is 0. The van der Waals surface area contributed by atoms with E-state index in [9.17, 15) is 0 Å². The van der Waals surface area contributed by atoms with E-state index in [1.54, 1.807) is 0 Å². The second kappa shape index (κ2) is 17.3. The largest absolute Gasteiger partial charge is 4.00 e. The van der Waals surface area contributed by atoms with Gasteiger partial charge >= 0.3 is 21.7 Å². The van der Waals surface area contributed by atoms with Gasteiger partial charge in [0.2, 0.25) is 0 Å². The van der Waals surface area contributed by atoms with Crippen LogP contribution in [-0.4, -0.2) is 9.52 Å². The van der Waals surface area contributed by atoms with E-state index in [1.807, 2.05) is 30.3 Å². The van der Waals surface area contributed by atoms with Crippen LogP contribution in [0.2, 0.25) is 13.1 Å². The minimum absolute atomic E-state index is 0. The van der Waals surface area contributed by atoms with Crippen LogP contribution in [0.5, 0.6) is 0 Å². The zero-order valence-corrected chi connectivity index (χ0v) is 17.3. The minimum atomic E-state index is 0. The Bertz CT molecular complexity index is 320. The molecule has 111 valence electrons. The quantitative estimate of drug-likeness (QED) is 0.400. The topological polar surface area (TPSA) is 0 Å². The van der Waals surface area contributed by atoms with Crippen LogP contribution < -0.4 is 24.8 Å². The third-order valence-corrected chi connectivity index (χ3v) is 2.08. The maximum Gasteiger partial charge on any atom is 4.00 e. The van der Waals surface area contributed by atoms with Crippen LogP contribution in [0.25, 0.3) is 0 Å². The van der Waals surface area contributed by atoms with E-state index in [2.05, 4.69) is 58.1 Å². The first-order valence-electron chi connectivity index (χ1n) is 6.15. The second-order valence-electron chi connectivity index (χ2n) is 4.96. The Balaban J connectivity index is -0.000000102. The first-order valence-corrected chi connectivity index (χ1v) is 8.46. The van der Waals surface area contributed by atoms with Gasteiger partial charge in [0.1, 0.15) is 0 Å². The molecule has 0 unspecified atom stereocenters. The van der Waals surface area contributed by atoms with Crippen LogP contribution in [-0.2, 0) is 27.1 Å². The molecule has 0 bridgehead atoms. The van der Waals surface area contributed by atoms with Crippen LogP contribution in [0.1, 0.15) is 26.3 Å².